The number of phenolic OH excluding ortho intramolecular Hbond substituents is 1. The maximum Gasteiger partial charge on any atom is 0.211 e. The van der Waals surface area contributed by atoms with E-state index in [9.17, 15) is 5.11 Å². The van der Waals surface area contributed by atoms with Crippen molar-refractivity contribution in [2.75, 3.05) is 13.7 Å². The molecule has 0 amide bonds. The lowest BCUT2D eigenvalue weighted by Gasteiger charge is -2.02. The second-order valence-corrected chi connectivity index (χ2v) is 6.28. The molecule has 0 atom stereocenters. The number of rotatable bonds is 5. The summed E-state index contributed by atoms with van der Waals surface area (Å²) >= 11 is 1.53. The fraction of sp³-hybridized carbons (Fsp3) is 0.222. The molecular formula is C18H19N3O3S. The lowest BCUT2D eigenvalue weighted by atomic mass is 10.2. The van der Waals surface area contributed by atoms with Gasteiger partial charge in [-0.2, -0.15) is 5.10 Å². The normalized spacial score (nSPS) is 12.2. The summed E-state index contributed by atoms with van der Waals surface area (Å²) in [5.74, 6) is 1.62. The maximum atomic E-state index is 9.87. The molecule has 0 fully saturated rings. The van der Waals surface area contributed by atoms with Crippen molar-refractivity contribution in [2.45, 2.75) is 6.92 Å². The van der Waals surface area contributed by atoms with Crippen LogP contribution in [0.2, 0.25) is 0 Å². The number of methoxy groups -OCH3 is 1. The van der Waals surface area contributed by atoms with Crippen molar-refractivity contribution < 1.29 is 14.6 Å². The Kier molecular flexibility index (Phi) is 5.04. The molecule has 0 aliphatic rings. The predicted octanol–water partition coefficient (Wildman–Crippen LogP) is 3.29. The first-order valence-electron chi connectivity index (χ1n) is 7.79. The highest BCUT2D eigenvalue weighted by molar-refractivity contribution is 7.16. The fourth-order valence-electron chi connectivity index (χ4n) is 2.37. The molecule has 7 heteroatoms. The van der Waals surface area contributed by atoms with Gasteiger partial charge in [0.05, 0.1) is 30.1 Å². The molecular weight excluding hydrogens is 338 g/mol. The summed E-state index contributed by atoms with van der Waals surface area (Å²) in [5, 5.41) is 18.2. The number of ether oxygens (including phenoxy) is 2. The van der Waals surface area contributed by atoms with Crippen LogP contribution >= 0.6 is 11.3 Å². The van der Waals surface area contributed by atoms with Crippen LogP contribution in [0, 0.1) is 0 Å². The van der Waals surface area contributed by atoms with E-state index < -0.39 is 0 Å². The number of aromatic hydroxyl groups is 1. The molecule has 3 aromatic rings. The molecule has 0 aliphatic carbocycles. The number of benzene rings is 2. The number of aryl methyl sites for hydroxylation is 1. The van der Waals surface area contributed by atoms with Gasteiger partial charge in [-0.25, -0.2) is 0 Å². The zero-order valence-corrected chi connectivity index (χ0v) is 15.1. The molecule has 1 N–H and O–H groups in total. The second-order valence-electron chi connectivity index (χ2n) is 5.28. The molecule has 2 aromatic carbocycles. The van der Waals surface area contributed by atoms with Gasteiger partial charge >= 0.3 is 0 Å². The third kappa shape index (κ3) is 3.66. The van der Waals surface area contributed by atoms with Crippen LogP contribution < -0.4 is 14.3 Å². The number of thiazole rings is 1. The van der Waals surface area contributed by atoms with Gasteiger partial charge in [-0.3, -0.25) is 0 Å². The number of fused-ring (bicyclic) bond motifs is 1. The summed E-state index contributed by atoms with van der Waals surface area (Å²) in [6, 6.07) is 10.9. The number of aromatic nitrogens is 1. The van der Waals surface area contributed by atoms with Crippen molar-refractivity contribution in [1.82, 2.24) is 4.57 Å². The Labute approximate surface area is 149 Å². The molecule has 0 spiro atoms. The van der Waals surface area contributed by atoms with E-state index in [1.165, 1.54) is 17.6 Å². The van der Waals surface area contributed by atoms with Crippen LogP contribution in [0.15, 0.2) is 46.6 Å². The lowest BCUT2D eigenvalue weighted by Crippen LogP contribution is -2.08. The van der Waals surface area contributed by atoms with Crippen LogP contribution in [0.25, 0.3) is 10.2 Å². The highest BCUT2D eigenvalue weighted by atomic mass is 32.1. The third-order valence-electron chi connectivity index (χ3n) is 3.67. The Balaban J connectivity index is 1.94. The van der Waals surface area contributed by atoms with Gasteiger partial charge in [0.25, 0.3) is 0 Å². The smallest absolute Gasteiger partial charge is 0.211 e. The van der Waals surface area contributed by atoms with E-state index in [-0.39, 0.29) is 5.75 Å². The maximum absolute atomic E-state index is 9.87. The Bertz CT molecular complexity index is 989. The first-order chi connectivity index (χ1) is 12.1. The van der Waals surface area contributed by atoms with E-state index in [0.29, 0.717) is 17.9 Å². The summed E-state index contributed by atoms with van der Waals surface area (Å²) in [7, 11) is 3.52. The molecule has 1 aromatic heterocycles. The van der Waals surface area contributed by atoms with Gasteiger partial charge in [0.1, 0.15) is 17.2 Å². The van der Waals surface area contributed by atoms with E-state index in [1.807, 2.05) is 36.7 Å². The van der Waals surface area contributed by atoms with E-state index in [2.05, 4.69) is 10.2 Å². The molecule has 1 heterocycles. The molecule has 3 rings (SSSR count). The van der Waals surface area contributed by atoms with Gasteiger partial charge < -0.3 is 19.1 Å². The molecule has 0 radical (unpaired) electrons. The average molecular weight is 357 g/mol. The summed E-state index contributed by atoms with van der Waals surface area (Å²) in [5.41, 5.74) is 1.61. The summed E-state index contributed by atoms with van der Waals surface area (Å²) in [6.45, 7) is 2.59. The topological polar surface area (TPSA) is 68.3 Å². The van der Waals surface area contributed by atoms with Crippen molar-refractivity contribution in [2.24, 2.45) is 17.3 Å². The average Bonchev–Trinajstić information content (AvgIpc) is 2.92. The minimum absolute atomic E-state index is 0.127. The van der Waals surface area contributed by atoms with Crippen LogP contribution in [0.1, 0.15) is 12.5 Å². The number of phenols is 1. The van der Waals surface area contributed by atoms with E-state index in [1.54, 1.807) is 25.3 Å². The van der Waals surface area contributed by atoms with Gasteiger partial charge in [-0.15, -0.1) is 5.10 Å². The Morgan fingerprint density at radius 1 is 1.20 bits per heavy atom. The van der Waals surface area contributed by atoms with Crippen molar-refractivity contribution in [3.8, 4) is 17.2 Å². The molecule has 25 heavy (non-hydrogen) atoms. The van der Waals surface area contributed by atoms with Crippen molar-refractivity contribution in [1.29, 1.82) is 0 Å². The van der Waals surface area contributed by atoms with E-state index >= 15 is 0 Å². The minimum atomic E-state index is 0.127. The molecule has 6 nitrogen and oxygen atoms in total. The van der Waals surface area contributed by atoms with E-state index in [4.69, 9.17) is 9.47 Å². The summed E-state index contributed by atoms with van der Waals surface area (Å²) in [4.78, 5) is 0.752. The van der Waals surface area contributed by atoms with Gasteiger partial charge in [-0.05, 0) is 43.3 Å². The molecule has 0 bridgehead atoms. The SMILES string of the molecule is CCOc1ccc2c(c1)s/c(=N\N=C\c1cc(OC)ccc1O)n2C. The molecule has 0 saturated carbocycles. The van der Waals surface area contributed by atoms with Crippen molar-refractivity contribution in [3.63, 3.8) is 0 Å². The minimum Gasteiger partial charge on any atom is -0.507 e. The number of nitrogens with zero attached hydrogens (tertiary/aromatic N) is 3. The second kappa shape index (κ2) is 7.40. The Hall–Kier alpha value is -2.80. The standard InChI is InChI=1S/C18H19N3O3S/c1-4-24-14-5-7-15-17(10-14)25-18(21(15)2)20-19-11-12-9-13(23-3)6-8-16(12)22/h5-11,22H,4H2,1-3H3/b19-11+,20-18-. The predicted molar refractivity (Wildman–Crippen MR) is 99.8 cm³/mol. The van der Waals surface area contributed by atoms with Gasteiger partial charge in [0.15, 0.2) is 0 Å². The van der Waals surface area contributed by atoms with Crippen LogP contribution in [0.5, 0.6) is 17.2 Å². The van der Waals surface area contributed by atoms with E-state index in [0.717, 1.165) is 20.8 Å². The molecule has 0 aliphatic heterocycles. The molecule has 0 saturated heterocycles. The fourth-order valence-corrected chi connectivity index (χ4v) is 3.38. The van der Waals surface area contributed by atoms with Crippen LogP contribution in [-0.4, -0.2) is 29.6 Å². The highest BCUT2D eigenvalue weighted by Gasteiger charge is 2.04. The van der Waals surface area contributed by atoms with Crippen LogP contribution in [-0.2, 0) is 7.05 Å². The molecule has 130 valence electrons. The van der Waals surface area contributed by atoms with Crippen molar-refractivity contribution in [3.05, 3.63) is 46.8 Å². The summed E-state index contributed by atoms with van der Waals surface area (Å²) < 4.78 is 13.7. The third-order valence-corrected chi connectivity index (χ3v) is 4.75. The van der Waals surface area contributed by atoms with Crippen LogP contribution in [0.4, 0.5) is 0 Å². The Morgan fingerprint density at radius 2 is 2.00 bits per heavy atom. The Morgan fingerprint density at radius 3 is 2.76 bits per heavy atom. The van der Waals surface area contributed by atoms with Crippen LogP contribution in [0.3, 0.4) is 0 Å². The monoisotopic (exact) mass is 357 g/mol. The first-order valence-corrected chi connectivity index (χ1v) is 8.60. The largest absolute Gasteiger partial charge is 0.507 e. The molecule has 0 unspecified atom stereocenters. The van der Waals surface area contributed by atoms with Gasteiger partial charge in [-0.1, -0.05) is 11.3 Å². The lowest BCUT2D eigenvalue weighted by molar-refractivity contribution is 0.341. The van der Waals surface area contributed by atoms with Gasteiger partial charge in [0.2, 0.25) is 4.80 Å². The van der Waals surface area contributed by atoms with Gasteiger partial charge in [0, 0.05) is 12.6 Å². The summed E-state index contributed by atoms with van der Waals surface area (Å²) in [6.07, 6.45) is 1.51. The number of hydrogen-bond donors (Lipinski definition) is 1. The number of hydrogen-bond acceptors (Lipinski definition) is 6. The quantitative estimate of drug-likeness (QED) is 0.563. The first kappa shape index (κ1) is 17.0. The zero-order chi connectivity index (χ0) is 17.8. The van der Waals surface area contributed by atoms with Crippen molar-refractivity contribution >= 4 is 27.8 Å². The highest BCUT2D eigenvalue weighted by Crippen LogP contribution is 2.23. The zero-order valence-electron chi connectivity index (χ0n) is 14.3.